The highest BCUT2D eigenvalue weighted by atomic mass is 19.1. The summed E-state index contributed by atoms with van der Waals surface area (Å²) in [7, 11) is 0. The van der Waals surface area contributed by atoms with Gasteiger partial charge in [0.05, 0.1) is 12.7 Å². The van der Waals surface area contributed by atoms with Crippen molar-refractivity contribution in [3.63, 3.8) is 0 Å². The van der Waals surface area contributed by atoms with Gasteiger partial charge in [-0.15, -0.1) is 0 Å². The Balaban J connectivity index is 1.50. The first-order chi connectivity index (χ1) is 12.9. The molecule has 0 saturated heterocycles. The van der Waals surface area contributed by atoms with Gasteiger partial charge >= 0.3 is 5.97 Å². The predicted molar refractivity (Wildman–Crippen MR) is 98.6 cm³/mol. The van der Waals surface area contributed by atoms with E-state index in [1.807, 2.05) is 26.0 Å². The summed E-state index contributed by atoms with van der Waals surface area (Å²) < 4.78 is 23.4. The minimum Gasteiger partial charge on any atom is -0.464 e. The van der Waals surface area contributed by atoms with Gasteiger partial charge in [-0.05, 0) is 42.7 Å². The summed E-state index contributed by atoms with van der Waals surface area (Å²) >= 11 is 0. The van der Waals surface area contributed by atoms with Crippen LogP contribution in [-0.4, -0.2) is 18.5 Å². The topological polar surface area (TPSA) is 68.5 Å². The van der Waals surface area contributed by atoms with Crippen LogP contribution in [0.5, 0.6) is 0 Å². The molecular weight excluding hydrogens is 349 g/mol. The van der Waals surface area contributed by atoms with E-state index in [0.717, 1.165) is 33.2 Å². The molecule has 0 aliphatic carbocycles. The lowest BCUT2D eigenvalue weighted by molar-refractivity contribution is -0.147. The maximum Gasteiger partial charge on any atom is 0.310 e. The number of amides is 1. The number of fused-ring (bicyclic) bond motifs is 1. The zero-order valence-electron chi connectivity index (χ0n) is 15.2. The van der Waals surface area contributed by atoms with E-state index in [2.05, 4.69) is 5.32 Å². The Morgan fingerprint density at radius 3 is 2.59 bits per heavy atom. The third kappa shape index (κ3) is 4.53. The number of halogens is 1. The predicted octanol–water partition coefficient (Wildman–Crippen LogP) is 3.59. The van der Waals surface area contributed by atoms with Crippen molar-refractivity contribution in [2.45, 2.75) is 26.8 Å². The van der Waals surface area contributed by atoms with Gasteiger partial charge in [-0.25, -0.2) is 4.39 Å². The molecule has 3 aromatic rings. The molecule has 1 aromatic heterocycles. The van der Waals surface area contributed by atoms with Crippen molar-refractivity contribution in [2.24, 2.45) is 0 Å². The van der Waals surface area contributed by atoms with E-state index in [1.54, 1.807) is 18.4 Å². The Kier molecular flexibility index (Phi) is 5.54. The molecule has 2 aromatic carbocycles. The Morgan fingerprint density at radius 1 is 1.11 bits per heavy atom. The number of hydrogen-bond acceptors (Lipinski definition) is 4. The second-order valence-corrected chi connectivity index (χ2v) is 6.39. The minimum absolute atomic E-state index is 0.0285. The number of benzene rings is 2. The van der Waals surface area contributed by atoms with Crippen LogP contribution < -0.4 is 5.32 Å². The average molecular weight is 369 g/mol. The number of nitrogens with one attached hydrogen (secondary N) is 1. The van der Waals surface area contributed by atoms with Crippen LogP contribution >= 0.6 is 0 Å². The summed E-state index contributed by atoms with van der Waals surface area (Å²) in [5.74, 6) is -1.26. The van der Waals surface area contributed by atoms with Crippen LogP contribution in [0.2, 0.25) is 0 Å². The first-order valence-electron chi connectivity index (χ1n) is 8.57. The number of carbonyl (C=O) groups is 2. The summed E-state index contributed by atoms with van der Waals surface area (Å²) in [5, 5.41) is 3.49. The van der Waals surface area contributed by atoms with Gasteiger partial charge in [0.25, 0.3) is 5.91 Å². The molecule has 5 nitrogen and oxygen atoms in total. The molecule has 0 bridgehead atoms. The molecule has 1 N–H and O–H groups in total. The fourth-order valence-electron chi connectivity index (χ4n) is 2.73. The molecule has 0 unspecified atom stereocenters. The summed E-state index contributed by atoms with van der Waals surface area (Å²) in [6.07, 6.45) is 1.58. The third-order valence-electron chi connectivity index (χ3n) is 4.44. The second-order valence-electron chi connectivity index (χ2n) is 6.39. The van der Waals surface area contributed by atoms with Gasteiger partial charge in [0.1, 0.15) is 11.4 Å². The fourth-order valence-corrected chi connectivity index (χ4v) is 2.73. The van der Waals surface area contributed by atoms with Gasteiger partial charge in [-0.1, -0.05) is 24.3 Å². The van der Waals surface area contributed by atoms with Gasteiger partial charge in [0.15, 0.2) is 6.61 Å². The largest absolute Gasteiger partial charge is 0.464 e. The molecule has 27 heavy (non-hydrogen) atoms. The first kappa shape index (κ1) is 18.6. The van der Waals surface area contributed by atoms with Crippen LogP contribution in [0.15, 0.2) is 47.1 Å². The van der Waals surface area contributed by atoms with Crippen molar-refractivity contribution in [1.29, 1.82) is 0 Å². The van der Waals surface area contributed by atoms with Crippen LogP contribution in [0, 0.1) is 19.7 Å². The smallest absolute Gasteiger partial charge is 0.310 e. The van der Waals surface area contributed by atoms with Crippen LogP contribution in [-0.2, 0) is 27.3 Å². The lowest BCUT2D eigenvalue weighted by Gasteiger charge is -2.07. The summed E-state index contributed by atoms with van der Waals surface area (Å²) in [6, 6.07) is 9.69. The Labute approximate surface area is 156 Å². The van der Waals surface area contributed by atoms with E-state index in [4.69, 9.17) is 9.15 Å². The quantitative estimate of drug-likeness (QED) is 0.674. The number of hydrogen-bond donors (Lipinski definition) is 1. The second kappa shape index (κ2) is 8.03. The molecular formula is C21H20FNO4. The van der Waals surface area contributed by atoms with Crippen LogP contribution in [0.4, 0.5) is 4.39 Å². The molecule has 1 heterocycles. The van der Waals surface area contributed by atoms with E-state index < -0.39 is 11.9 Å². The van der Waals surface area contributed by atoms with Crippen molar-refractivity contribution < 1.29 is 23.1 Å². The zero-order valence-corrected chi connectivity index (χ0v) is 15.2. The molecule has 0 aliphatic heterocycles. The minimum atomic E-state index is -0.507. The first-order valence-corrected chi connectivity index (χ1v) is 8.57. The maximum atomic E-state index is 12.8. The molecule has 140 valence electrons. The SMILES string of the molecule is Cc1ccc2c(CC(=O)OCC(=O)NCc3ccc(F)cc3)coc2c1C. The van der Waals surface area contributed by atoms with Crippen molar-refractivity contribution in [2.75, 3.05) is 6.61 Å². The Hall–Kier alpha value is -3.15. The van der Waals surface area contributed by atoms with Gasteiger partial charge in [-0.2, -0.15) is 0 Å². The molecule has 0 aliphatic rings. The van der Waals surface area contributed by atoms with E-state index >= 15 is 0 Å². The van der Waals surface area contributed by atoms with Gasteiger partial charge in [0, 0.05) is 17.5 Å². The maximum absolute atomic E-state index is 12.8. The van der Waals surface area contributed by atoms with Crippen LogP contribution in [0.25, 0.3) is 11.0 Å². The van der Waals surface area contributed by atoms with Gasteiger partial charge < -0.3 is 14.5 Å². The summed E-state index contributed by atoms with van der Waals surface area (Å²) in [6.45, 7) is 3.83. The molecule has 0 atom stereocenters. The molecule has 0 spiro atoms. The van der Waals surface area contributed by atoms with Gasteiger partial charge in [-0.3, -0.25) is 9.59 Å². The standard InChI is InChI=1S/C21H20FNO4/c1-13-3-8-18-16(11-27-21(18)14(13)2)9-20(25)26-12-19(24)23-10-15-4-6-17(22)7-5-15/h3-8,11H,9-10,12H2,1-2H3,(H,23,24). The number of furan rings is 1. The van der Waals surface area contributed by atoms with Crippen molar-refractivity contribution in [3.8, 4) is 0 Å². The highest BCUT2D eigenvalue weighted by Crippen LogP contribution is 2.26. The van der Waals surface area contributed by atoms with Crippen molar-refractivity contribution in [1.82, 2.24) is 5.32 Å². The molecule has 6 heteroatoms. The Morgan fingerprint density at radius 2 is 1.85 bits per heavy atom. The number of ether oxygens (including phenoxy) is 1. The normalized spacial score (nSPS) is 10.8. The molecule has 0 fully saturated rings. The molecule has 0 radical (unpaired) electrons. The lowest BCUT2D eigenvalue weighted by Crippen LogP contribution is -2.28. The number of aryl methyl sites for hydroxylation is 2. The van der Waals surface area contributed by atoms with E-state index in [9.17, 15) is 14.0 Å². The highest BCUT2D eigenvalue weighted by molar-refractivity contribution is 5.89. The number of rotatable bonds is 6. The molecule has 1 amide bonds. The van der Waals surface area contributed by atoms with Crippen LogP contribution in [0.1, 0.15) is 22.3 Å². The highest BCUT2D eigenvalue weighted by Gasteiger charge is 2.14. The Bertz CT molecular complexity index is 976. The van der Waals surface area contributed by atoms with E-state index in [1.165, 1.54) is 12.1 Å². The van der Waals surface area contributed by atoms with Crippen molar-refractivity contribution >= 4 is 22.8 Å². The van der Waals surface area contributed by atoms with Crippen molar-refractivity contribution in [3.05, 3.63) is 70.7 Å². The number of esters is 1. The zero-order chi connectivity index (χ0) is 19.4. The summed E-state index contributed by atoms with van der Waals surface area (Å²) in [5.41, 5.74) is 4.39. The third-order valence-corrected chi connectivity index (χ3v) is 4.44. The average Bonchev–Trinajstić information content (AvgIpc) is 3.06. The number of carbonyl (C=O) groups excluding carboxylic acids is 2. The molecule has 0 saturated carbocycles. The van der Waals surface area contributed by atoms with E-state index in [-0.39, 0.29) is 25.4 Å². The van der Waals surface area contributed by atoms with Crippen LogP contribution in [0.3, 0.4) is 0 Å². The fraction of sp³-hybridized carbons (Fsp3) is 0.238. The summed E-state index contributed by atoms with van der Waals surface area (Å²) in [4.78, 5) is 23.8. The lowest BCUT2D eigenvalue weighted by atomic mass is 10.0. The van der Waals surface area contributed by atoms with E-state index in [0.29, 0.717) is 0 Å². The monoisotopic (exact) mass is 369 g/mol. The molecule has 3 rings (SSSR count). The van der Waals surface area contributed by atoms with Gasteiger partial charge in [0.2, 0.25) is 0 Å².